The second-order valence-electron chi connectivity index (χ2n) is 7.04. The molecule has 144 valence electrons. The van der Waals surface area contributed by atoms with Crippen molar-refractivity contribution in [3.8, 4) is 33.9 Å². The zero-order valence-corrected chi connectivity index (χ0v) is 15.7. The molecule has 0 unspecified atom stereocenters. The van der Waals surface area contributed by atoms with Crippen molar-refractivity contribution in [2.45, 2.75) is 0 Å². The maximum absolute atomic E-state index is 10.4. The maximum atomic E-state index is 10.4. The van der Waals surface area contributed by atoms with Gasteiger partial charge in [0, 0.05) is 37.8 Å². The first-order chi connectivity index (χ1) is 13.5. The Hall–Kier alpha value is -3.32. The molecule has 7 heteroatoms. The summed E-state index contributed by atoms with van der Waals surface area (Å²) < 4.78 is 0. The van der Waals surface area contributed by atoms with E-state index in [0.717, 1.165) is 43.1 Å². The van der Waals surface area contributed by atoms with Gasteiger partial charge in [-0.1, -0.05) is 18.2 Å². The van der Waals surface area contributed by atoms with Crippen molar-refractivity contribution in [1.82, 2.24) is 14.9 Å². The average molecular weight is 377 g/mol. The summed E-state index contributed by atoms with van der Waals surface area (Å²) in [4.78, 5) is 13.2. The lowest BCUT2D eigenvalue weighted by Gasteiger charge is -2.33. The van der Waals surface area contributed by atoms with E-state index in [-0.39, 0.29) is 17.4 Å². The van der Waals surface area contributed by atoms with Gasteiger partial charge in [0.2, 0.25) is 5.95 Å². The second kappa shape index (κ2) is 7.36. The number of benzene rings is 2. The van der Waals surface area contributed by atoms with Crippen molar-refractivity contribution in [1.29, 1.82) is 0 Å². The quantitative estimate of drug-likeness (QED) is 0.645. The van der Waals surface area contributed by atoms with Crippen LogP contribution < -0.4 is 10.6 Å². The van der Waals surface area contributed by atoms with Crippen LogP contribution in [0.3, 0.4) is 0 Å². The highest BCUT2D eigenvalue weighted by atomic mass is 16.3. The van der Waals surface area contributed by atoms with Gasteiger partial charge in [0.25, 0.3) is 0 Å². The van der Waals surface area contributed by atoms with Crippen LogP contribution in [0.25, 0.3) is 22.4 Å². The highest BCUT2D eigenvalue weighted by Gasteiger charge is 2.18. The number of rotatable bonds is 3. The van der Waals surface area contributed by atoms with Crippen LogP contribution in [0.15, 0.2) is 48.5 Å². The molecule has 0 amide bonds. The number of nitrogens with zero attached hydrogens (tertiary/aromatic N) is 4. The standard InChI is InChI=1S/C21H23N5O2/c1-25-8-10-26(11-9-25)20-13-18(23-21(22)24-20)17-12-15(4-7-19(17)28)14-2-5-16(27)6-3-14/h2-7,12-13,27-28H,8-11H2,1H3,(H2,22,23,24). The Labute approximate surface area is 163 Å². The summed E-state index contributed by atoms with van der Waals surface area (Å²) in [6.07, 6.45) is 0. The molecular weight excluding hydrogens is 354 g/mol. The number of phenolic OH excluding ortho intramolecular Hbond substituents is 2. The van der Waals surface area contributed by atoms with Gasteiger partial charge in [-0.05, 0) is 42.4 Å². The molecule has 1 saturated heterocycles. The van der Waals surface area contributed by atoms with Crippen molar-refractivity contribution < 1.29 is 10.2 Å². The third-order valence-corrected chi connectivity index (χ3v) is 5.03. The van der Waals surface area contributed by atoms with Crippen molar-refractivity contribution in [2.24, 2.45) is 0 Å². The molecule has 0 aliphatic carbocycles. The molecule has 1 aliphatic rings. The summed E-state index contributed by atoms with van der Waals surface area (Å²) in [5.74, 6) is 1.29. The monoisotopic (exact) mass is 377 g/mol. The SMILES string of the molecule is CN1CCN(c2cc(-c3cc(-c4ccc(O)cc4)ccc3O)nc(N)n2)CC1. The molecule has 0 atom stereocenters. The fourth-order valence-electron chi connectivity index (χ4n) is 3.36. The zero-order valence-electron chi connectivity index (χ0n) is 15.7. The largest absolute Gasteiger partial charge is 0.508 e. The first-order valence-corrected chi connectivity index (χ1v) is 9.20. The number of hydrogen-bond acceptors (Lipinski definition) is 7. The molecule has 28 heavy (non-hydrogen) atoms. The second-order valence-corrected chi connectivity index (χ2v) is 7.04. The molecule has 3 aromatic rings. The summed E-state index contributed by atoms with van der Waals surface area (Å²) in [6, 6.07) is 14.1. The Morgan fingerprint density at radius 2 is 1.54 bits per heavy atom. The van der Waals surface area contributed by atoms with Gasteiger partial charge >= 0.3 is 0 Å². The first kappa shape index (κ1) is 18.1. The molecule has 0 spiro atoms. The van der Waals surface area contributed by atoms with Crippen LogP contribution in [-0.4, -0.2) is 58.3 Å². The van der Waals surface area contributed by atoms with Gasteiger partial charge in [-0.3, -0.25) is 0 Å². The molecule has 1 fully saturated rings. The van der Waals surface area contributed by atoms with Gasteiger partial charge in [-0.15, -0.1) is 0 Å². The number of aromatic nitrogens is 2. The van der Waals surface area contributed by atoms with Crippen LogP contribution >= 0.6 is 0 Å². The lowest BCUT2D eigenvalue weighted by molar-refractivity contribution is 0.312. The fourth-order valence-corrected chi connectivity index (χ4v) is 3.36. The zero-order chi connectivity index (χ0) is 19.7. The van der Waals surface area contributed by atoms with Gasteiger partial charge < -0.3 is 25.7 Å². The number of likely N-dealkylation sites (N-methyl/N-ethyl adjacent to an activating group) is 1. The summed E-state index contributed by atoms with van der Waals surface area (Å²) in [6.45, 7) is 3.65. The molecule has 1 aliphatic heterocycles. The van der Waals surface area contributed by atoms with Gasteiger partial charge in [0.15, 0.2) is 0 Å². The number of hydrogen-bond donors (Lipinski definition) is 3. The van der Waals surface area contributed by atoms with E-state index in [1.807, 2.05) is 30.3 Å². The molecule has 0 radical (unpaired) electrons. The molecule has 4 N–H and O–H groups in total. The van der Waals surface area contributed by atoms with Crippen molar-refractivity contribution in [2.75, 3.05) is 43.9 Å². The van der Waals surface area contributed by atoms with Crippen LogP contribution in [0.2, 0.25) is 0 Å². The fraction of sp³-hybridized carbons (Fsp3) is 0.238. The van der Waals surface area contributed by atoms with E-state index < -0.39 is 0 Å². The molecule has 0 saturated carbocycles. The summed E-state index contributed by atoms with van der Waals surface area (Å²) >= 11 is 0. The van der Waals surface area contributed by atoms with E-state index in [2.05, 4.69) is 26.8 Å². The number of nitrogens with two attached hydrogens (primary N) is 1. The summed E-state index contributed by atoms with van der Waals surface area (Å²) in [5.41, 5.74) is 8.99. The molecule has 7 nitrogen and oxygen atoms in total. The minimum atomic E-state index is 0.130. The number of aromatic hydroxyl groups is 2. The Kier molecular flexibility index (Phi) is 4.75. The topological polar surface area (TPSA) is 98.7 Å². The molecular formula is C21H23N5O2. The van der Waals surface area contributed by atoms with E-state index in [4.69, 9.17) is 5.73 Å². The van der Waals surface area contributed by atoms with Gasteiger partial charge in [0.05, 0.1) is 5.69 Å². The number of nitrogen functional groups attached to an aromatic ring is 1. The van der Waals surface area contributed by atoms with E-state index >= 15 is 0 Å². The van der Waals surface area contributed by atoms with Gasteiger partial charge in [-0.2, -0.15) is 4.98 Å². The maximum Gasteiger partial charge on any atom is 0.222 e. The van der Waals surface area contributed by atoms with Crippen LogP contribution in [0.1, 0.15) is 0 Å². The minimum Gasteiger partial charge on any atom is -0.508 e. The van der Waals surface area contributed by atoms with Crippen LogP contribution in [0.5, 0.6) is 11.5 Å². The minimum absolute atomic E-state index is 0.130. The number of phenols is 2. The Balaban J connectivity index is 1.72. The molecule has 0 bridgehead atoms. The predicted molar refractivity (Wildman–Crippen MR) is 110 cm³/mol. The lowest BCUT2D eigenvalue weighted by Crippen LogP contribution is -2.44. The van der Waals surface area contributed by atoms with Crippen molar-refractivity contribution in [3.05, 3.63) is 48.5 Å². The van der Waals surface area contributed by atoms with E-state index in [1.165, 1.54) is 0 Å². The van der Waals surface area contributed by atoms with Gasteiger partial charge in [-0.25, -0.2) is 4.98 Å². The van der Waals surface area contributed by atoms with Crippen molar-refractivity contribution >= 4 is 11.8 Å². The summed E-state index contributed by atoms with van der Waals surface area (Å²) in [7, 11) is 2.10. The number of piperazine rings is 1. The number of anilines is 2. The van der Waals surface area contributed by atoms with E-state index in [1.54, 1.807) is 18.2 Å². The smallest absolute Gasteiger partial charge is 0.222 e. The molecule has 2 aromatic carbocycles. The Morgan fingerprint density at radius 3 is 2.25 bits per heavy atom. The lowest BCUT2D eigenvalue weighted by atomic mass is 10.0. The normalized spacial score (nSPS) is 15.0. The predicted octanol–water partition coefficient (Wildman–Crippen LogP) is 2.56. The molecule has 2 heterocycles. The highest BCUT2D eigenvalue weighted by Crippen LogP contribution is 2.34. The van der Waals surface area contributed by atoms with Gasteiger partial charge in [0.1, 0.15) is 17.3 Å². The van der Waals surface area contributed by atoms with Crippen LogP contribution in [0.4, 0.5) is 11.8 Å². The third-order valence-electron chi connectivity index (χ3n) is 5.03. The first-order valence-electron chi connectivity index (χ1n) is 9.20. The van der Waals surface area contributed by atoms with Crippen molar-refractivity contribution in [3.63, 3.8) is 0 Å². The van der Waals surface area contributed by atoms with Crippen LogP contribution in [-0.2, 0) is 0 Å². The molecule has 4 rings (SSSR count). The summed E-state index contributed by atoms with van der Waals surface area (Å²) in [5, 5.41) is 19.9. The van der Waals surface area contributed by atoms with E-state index in [0.29, 0.717) is 11.3 Å². The average Bonchev–Trinajstić information content (AvgIpc) is 2.69. The highest BCUT2D eigenvalue weighted by molar-refractivity contribution is 5.77. The molecule has 1 aromatic heterocycles. The Morgan fingerprint density at radius 1 is 0.857 bits per heavy atom. The Bertz CT molecular complexity index is 983. The van der Waals surface area contributed by atoms with E-state index in [9.17, 15) is 10.2 Å². The van der Waals surface area contributed by atoms with Crippen LogP contribution in [0, 0.1) is 0 Å². The third kappa shape index (κ3) is 3.70.